The molecule has 3 heteroatoms. The van der Waals surface area contributed by atoms with Gasteiger partial charge in [-0.1, -0.05) is 74.0 Å². The molecular formula is C22H28N2O. The maximum atomic E-state index is 13.8. The van der Waals surface area contributed by atoms with Crippen LogP contribution in [0.15, 0.2) is 60.7 Å². The Morgan fingerprint density at radius 3 is 1.80 bits per heavy atom. The van der Waals surface area contributed by atoms with Crippen LogP contribution in [0.3, 0.4) is 0 Å². The van der Waals surface area contributed by atoms with E-state index >= 15 is 0 Å². The number of carbonyl (C=O) groups is 1. The predicted molar refractivity (Wildman–Crippen MR) is 103 cm³/mol. The minimum Gasteiger partial charge on any atom is -0.339 e. The van der Waals surface area contributed by atoms with Gasteiger partial charge in [-0.2, -0.15) is 0 Å². The molecule has 1 aliphatic heterocycles. The summed E-state index contributed by atoms with van der Waals surface area (Å²) in [5.41, 5.74) is 1.62. The van der Waals surface area contributed by atoms with E-state index < -0.39 is 5.41 Å². The predicted octanol–water partition coefficient (Wildman–Crippen LogP) is 3.55. The Morgan fingerprint density at radius 2 is 1.36 bits per heavy atom. The SMILES string of the molecule is CCCC(C(=O)N1CCN(C)CC1)(c1ccccc1)c1ccccc1. The Bertz CT molecular complexity index is 636. The van der Waals surface area contributed by atoms with Gasteiger partial charge in [-0.25, -0.2) is 0 Å². The van der Waals surface area contributed by atoms with Crippen LogP contribution in [0.2, 0.25) is 0 Å². The van der Waals surface area contributed by atoms with Gasteiger partial charge in [0.25, 0.3) is 0 Å². The van der Waals surface area contributed by atoms with E-state index in [1.54, 1.807) is 0 Å². The van der Waals surface area contributed by atoms with Crippen LogP contribution in [0.1, 0.15) is 30.9 Å². The highest BCUT2D eigenvalue weighted by Crippen LogP contribution is 2.39. The summed E-state index contributed by atoms with van der Waals surface area (Å²) in [6, 6.07) is 20.6. The van der Waals surface area contributed by atoms with Crippen molar-refractivity contribution in [3.05, 3.63) is 71.8 Å². The van der Waals surface area contributed by atoms with Crippen molar-refractivity contribution in [1.82, 2.24) is 9.80 Å². The summed E-state index contributed by atoms with van der Waals surface area (Å²) in [6.07, 6.45) is 1.79. The highest BCUT2D eigenvalue weighted by atomic mass is 16.2. The lowest BCUT2D eigenvalue weighted by Crippen LogP contribution is -2.54. The number of benzene rings is 2. The normalized spacial score (nSPS) is 16.0. The average Bonchev–Trinajstić information content (AvgIpc) is 2.67. The first-order chi connectivity index (χ1) is 12.2. The molecule has 0 unspecified atom stereocenters. The molecular weight excluding hydrogens is 308 g/mol. The zero-order valence-corrected chi connectivity index (χ0v) is 15.3. The zero-order chi connectivity index (χ0) is 17.7. The van der Waals surface area contributed by atoms with Gasteiger partial charge in [0.2, 0.25) is 5.91 Å². The third-order valence-corrected chi connectivity index (χ3v) is 5.31. The Hall–Kier alpha value is -2.13. The third kappa shape index (κ3) is 3.47. The first kappa shape index (κ1) is 17.7. The lowest BCUT2D eigenvalue weighted by atomic mass is 9.70. The van der Waals surface area contributed by atoms with Crippen molar-refractivity contribution in [2.45, 2.75) is 25.2 Å². The van der Waals surface area contributed by atoms with Crippen LogP contribution in [0, 0.1) is 0 Å². The van der Waals surface area contributed by atoms with Gasteiger partial charge in [-0.3, -0.25) is 4.79 Å². The molecule has 3 nitrogen and oxygen atoms in total. The average molecular weight is 336 g/mol. The van der Waals surface area contributed by atoms with Gasteiger partial charge in [-0.15, -0.1) is 0 Å². The number of nitrogens with zero attached hydrogens (tertiary/aromatic N) is 2. The van der Waals surface area contributed by atoms with E-state index in [9.17, 15) is 4.79 Å². The molecule has 0 saturated carbocycles. The van der Waals surface area contributed by atoms with Crippen molar-refractivity contribution < 1.29 is 4.79 Å². The van der Waals surface area contributed by atoms with Crippen molar-refractivity contribution in [3.8, 4) is 0 Å². The van der Waals surface area contributed by atoms with Gasteiger partial charge in [0.15, 0.2) is 0 Å². The molecule has 0 atom stereocenters. The van der Waals surface area contributed by atoms with E-state index in [2.05, 4.69) is 48.0 Å². The number of likely N-dealkylation sites (N-methyl/N-ethyl adjacent to an activating group) is 1. The standard InChI is InChI=1S/C22H28N2O/c1-3-14-22(19-10-6-4-7-11-19,20-12-8-5-9-13-20)21(25)24-17-15-23(2)16-18-24/h4-13H,3,14-18H2,1-2H3. The molecule has 0 spiro atoms. The molecule has 1 saturated heterocycles. The summed E-state index contributed by atoms with van der Waals surface area (Å²) in [7, 11) is 2.12. The van der Waals surface area contributed by atoms with E-state index in [0.29, 0.717) is 0 Å². The van der Waals surface area contributed by atoms with Crippen LogP contribution < -0.4 is 0 Å². The minimum atomic E-state index is -0.590. The van der Waals surface area contributed by atoms with E-state index in [1.807, 2.05) is 36.4 Å². The Morgan fingerprint density at radius 1 is 0.880 bits per heavy atom. The topological polar surface area (TPSA) is 23.6 Å². The van der Waals surface area contributed by atoms with E-state index in [-0.39, 0.29) is 5.91 Å². The van der Waals surface area contributed by atoms with Crippen LogP contribution in [0.25, 0.3) is 0 Å². The summed E-state index contributed by atoms with van der Waals surface area (Å²) in [4.78, 5) is 18.2. The molecule has 0 aromatic heterocycles. The first-order valence-electron chi connectivity index (χ1n) is 9.27. The second-order valence-electron chi connectivity index (χ2n) is 6.98. The molecule has 1 fully saturated rings. The monoisotopic (exact) mass is 336 g/mol. The van der Waals surface area contributed by atoms with Gasteiger partial charge in [0.05, 0.1) is 5.41 Å². The van der Waals surface area contributed by atoms with Crippen molar-refractivity contribution in [2.75, 3.05) is 33.2 Å². The molecule has 1 amide bonds. The highest BCUT2D eigenvalue weighted by molar-refractivity contribution is 5.92. The van der Waals surface area contributed by atoms with Gasteiger partial charge in [0, 0.05) is 26.2 Å². The summed E-state index contributed by atoms with van der Waals surface area (Å²) in [6.45, 7) is 5.66. The van der Waals surface area contributed by atoms with Crippen LogP contribution in [-0.2, 0) is 10.2 Å². The van der Waals surface area contributed by atoms with Crippen molar-refractivity contribution in [1.29, 1.82) is 0 Å². The fourth-order valence-electron chi connectivity index (χ4n) is 3.91. The van der Waals surface area contributed by atoms with E-state index in [0.717, 1.165) is 50.1 Å². The zero-order valence-electron chi connectivity index (χ0n) is 15.3. The van der Waals surface area contributed by atoms with Gasteiger partial charge in [-0.05, 0) is 24.6 Å². The largest absolute Gasteiger partial charge is 0.339 e. The lowest BCUT2D eigenvalue weighted by Gasteiger charge is -2.41. The fourth-order valence-corrected chi connectivity index (χ4v) is 3.91. The second-order valence-corrected chi connectivity index (χ2v) is 6.98. The van der Waals surface area contributed by atoms with Gasteiger partial charge in [0.1, 0.15) is 0 Å². The number of piperazine rings is 1. The highest BCUT2D eigenvalue weighted by Gasteiger charge is 2.43. The molecule has 1 aliphatic rings. The number of amides is 1. The molecule has 0 bridgehead atoms. The van der Waals surface area contributed by atoms with E-state index in [1.165, 1.54) is 0 Å². The van der Waals surface area contributed by atoms with Crippen molar-refractivity contribution >= 4 is 5.91 Å². The molecule has 0 aliphatic carbocycles. The van der Waals surface area contributed by atoms with Crippen LogP contribution in [-0.4, -0.2) is 48.9 Å². The van der Waals surface area contributed by atoms with Gasteiger partial charge < -0.3 is 9.80 Å². The smallest absolute Gasteiger partial charge is 0.237 e. The second kappa shape index (κ2) is 7.83. The van der Waals surface area contributed by atoms with Crippen molar-refractivity contribution in [3.63, 3.8) is 0 Å². The Balaban J connectivity index is 2.09. The fraction of sp³-hybridized carbons (Fsp3) is 0.409. The Kier molecular flexibility index (Phi) is 5.54. The molecule has 2 aromatic rings. The Labute approximate surface area is 151 Å². The molecule has 0 radical (unpaired) electrons. The summed E-state index contributed by atoms with van der Waals surface area (Å²) in [5, 5.41) is 0. The van der Waals surface area contributed by atoms with Crippen molar-refractivity contribution in [2.24, 2.45) is 0 Å². The number of carbonyl (C=O) groups excluding carboxylic acids is 1. The van der Waals surface area contributed by atoms with Crippen LogP contribution in [0.5, 0.6) is 0 Å². The minimum absolute atomic E-state index is 0.250. The maximum Gasteiger partial charge on any atom is 0.237 e. The summed E-state index contributed by atoms with van der Waals surface area (Å²) in [5.74, 6) is 0.250. The van der Waals surface area contributed by atoms with Crippen LogP contribution in [0.4, 0.5) is 0 Å². The summed E-state index contributed by atoms with van der Waals surface area (Å²) >= 11 is 0. The molecule has 3 rings (SSSR count). The third-order valence-electron chi connectivity index (χ3n) is 5.31. The summed E-state index contributed by atoms with van der Waals surface area (Å²) < 4.78 is 0. The maximum absolute atomic E-state index is 13.8. The number of hydrogen-bond acceptors (Lipinski definition) is 2. The lowest BCUT2D eigenvalue weighted by molar-refractivity contribution is -0.137. The first-order valence-corrected chi connectivity index (χ1v) is 9.27. The number of hydrogen-bond donors (Lipinski definition) is 0. The number of rotatable bonds is 5. The molecule has 132 valence electrons. The van der Waals surface area contributed by atoms with Gasteiger partial charge >= 0.3 is 0 Å². The molecule has 25 heavy (non-hydrogen) atoms. The quantitative estimate of drug-likeness (QED) is 0.834. The molecule has 1 heterocycles. The molecule has 2 aromatic carbocycles. The van der Waals surface area contributed by atoms with E-state index in [4.69, 9.17) is 0 Å². The molecule has 0 N–H and O–H groups in total. The van der Waals surface area contributed by atoms with Crippen LogP contribution >= 0.6 is 0 Å².